The Morgan fingerprint density at radius 2 is 2.15 bits per heavy atom. The molecular weight excluding hydrogens is 284 g/mol. The van der Waals surface area contributed by atoms with E-state index in [1.807, 2.05) is 0 Å². The van der Waals surface area contributed by atoms with Crippen LogP contribution in [0.3, 0.4) is 0 Å². The van der Waals surface area contributed by atoms with Gasteiger partial charge in [0, 0.05) is 18.3 Å². The fraction of sp³-hybridized carbons (Fsp3) is 0.455. The van der Waals surface area contributed by atoms with E-state index in [9.17, 15) is 4.79 Å². The summed E-state index contributed by atoms with van der Waals surface area (Å²) in [5.74, 6) is 0. The molecule has 0 spiro atoms. The minimum Gasteiger partial charge on any atom is -0.447 e. The summed E-state index contributed by atoms with van der Waals surface area (Å²) < 4.78 is 20.1. The molecule has 3 aliphatic rings. The highest BCUT2D eigenvalue weighted by Crippen LogP contribution is 2.40. The Kier molecular flexibility index (Phi) is 1.80. The minimum absolute atomic E-state index is 0.108. The Bertz CT molecular complexity index is 814. The predicted octanol–water partition coefficient (Wildman–Crippen LogP) is -0.427. The normalized spacial score (nSPS) is 33.7. The second kappa shape index (κ2) is 3.36. The Balaban J connectivity index is 1.82. The third kappa shape index (κ3) is 1.15. The SMILES string of the molecule is O=c1ccc2nnn3c2n1[C@H]1O[C@H](C3)[C@@H]2OC(=S)OC21. The van der Waals surface area contributed by atoms with Crippen molar-refractivity contribution in [1.29, 1.82) is 0 Å². The largest absolute Gasteiger partial charge is 0.447 e. The fourth-order valence-electron chi connectivity index (χ4n) is 3.13. The van der Waals surface area contributed by atoms with Crippen molar-refractivity contribution in [2.75, 3.05) is 0 Å². The van der Waals surface area contributed by atoms with Crippen LogP contribution >= 0.6 is 12.2 Å². The molecule has 0 radical (unpaired) electrons. The molecule has 0 amide bonds. The van der Waals surface area contributed by atoms with E-state index in [1.54, 1.807) is 10.7 Å². The van der Waals surface area contributed by atoms with E-state index >= 15 is 0 Å². The van der Waals surface area contributed by atoms with E-state index in [0.717, 1.165) is 0 Å². The van der Waals surface area contributed by atoms with E-state index in [0.29, 0.717) is 17.7 Å². The van der Waals surface area contributed by atoms with Gasteiger partial charge in [0.25, 0.3) is 5.56 Å². The zero-order valence-corrected chi connectivity index (χ0v) is 10.8. The van der Waals surface area contributed by atoms with Crippen molar-refractivity contribution in [1.82, 2.24) is 19.6 Å². The number of aromatic nitrogens is 4. The quantitative estimate of drug-likeness (QED) is 0.610. The smallest absolute Gasteiger partial charge is 0.353 e. The highest BCUT2D eigenvalue weighted by atomic mass is 32.1. The molecule has 8 nitrogen and oxygen atoms in total. The second-order valence-electron chi connectivity index (χ2n) is 5.00. The standard InChI is InChI=1S/C11H8N4O4S/c16-6-2-1-4-9-14(13-12-4)3-5-7-8(19-11(20)18-7)10(17-5)15(6)9/h1-2,5,7-8,10H,3H2/t5-,7+,8?,10+/m1/s1. The molecule has 2 aromatic heterocycles. The number of pyridine rings is 1. The first-order valence-corrected chi connectivity index (χ1v) is 6.61. The van der Waals surface area contributed by atoms with E-state index in [-0.39, 0.29) is 23.0 Å². The van der Waals surface area contributed by atoms with Gasteiger partial charge in [-0.3, -0.25) is 9.36 Å². The van der Waals surface area contributed by atoms with Gasteiger partial charge in [-0.1, -0.05) is 5.21 Å². The molecule has 1 unspecified atom stereocenters. The van der Waals surface area contributed by atoms with Gasteiger partial charge in [-0.15, -0.1) is 5.10 Å². The molecule has 0 N–H and O–H groups in total. The van der Waals surface area contributed by atoms with Gasteiger partial charge in [-0.05, 0) is 6.07 Å². The van der Waals surface area contributed by atoms with Crippen LogP contribution in [0, 0.1) is 0 Å². The topological polar surface area (TPSA) is 80.4 Å². The fourth-order valence-corrected chi connectivity index (χ4v) is 3.35. The van der Waals surface area contributed by atoms with Gasteiger partial charge in [0.1, 0.15) is 11.6 Å². The molecule has 2 fully saturated rings. The van der Waals surface area contributed by atoms with Crippen LogP contribution in [-0.4, -0.2) is 43.1 Å². The maximum absolute atomic E-state index is 12.2. The van der Waals surface area contributed by atoms with Gasteiger partial charge in [0.2, 0.25) is 0 Å². The maximum Gasteiger partial charge on any atom is 0.353 e. The number of ether oxygens (including phenoxy) is 3. The van der Waals surface area contributed by atoms with Crippen LogP contribution in [0.4, 0.5) is 0 Å². The summed E-state index contributed by atoms with van der Waals surface area (Å²) in [4.78, 5) is 12.2. The maximum atomic E-state index is 12.2. The molecule has 5 heterocycles. The van der Waals surface area contributed by atoms with Gasteiger partial charge < -0.3 is 14.2 Å². The van der Waals surface area contributed by atoms with E-state index in [4.69, 9.17) is 26.4 Å². The van der Waals surface area contributed by atoms with Crippen LogP contribution in [0.15, 0.2) is 16.9 Å². The lowest BCUT2D eigenvalue weighted by Crippen LogP contribution is -2.36. The van der Waals surface area contributed by atoms with E-state index in [2.05, 4.69) is 10.3 Å². The summed E-state index contributed by atoms with van der Waals surface area (Å²) in [5, 5.41) is 8.25. The summed E-state index contributed by atoms with van der Waals surface area (Å²) in [6, 6.07) is 3.11. The van der Waals surface area contributed by atoms with Crippen molar-refractivity contribution in [2.45, 2.75) is 31.1 Å². The van der Waals surface area contributed by atoms with Gasteiger partial charge in [0.05, 0.1) is 6.54 Å². The van der Waals surface area contributed by atoms with Crippen molar-refractivity contribution in [2.24, 2.45) is 0 Å². The van der Waals surface area contributed by atoms with Gasteiger partial charge in [0.15, 0.2) is 24.1 Å². The number of rotatable bonds is 0. The molecule has 9 heteroatoms. The average molecular weight is 292 g/mol. The van der Waals surface area contributed by atoms with Crippen molar-refractivity contribution >= 4 is 28.6 Å². The molecule has 20 heavy (non-hydrogen) atoms. The number of hydrogen-bond acceptors (Lipinski definition) is 7. The molecule has 102 valence electrons. The first kappa shape index (κ1) is 10.7. The summed E-state index contributed by atoms with van der Waals surface area (Å²) >= 11 is 4.95. The van der Waals surface area contributed by atoms with Crippen LogP contribution in [0.25, 0.3) is 11.2 Å². The molecule has 2 aromatic rings. The summed E-state index contributed by atoms with van der Waals surface area (Å²) in [6.07, 6.45) is -1.55. The third-order valence-electron chi connectivity index (χ3n) is 3.94. The predicted molar refractivity (Wildman–Crippen MR) is 68.0 cm³/mol. The lowest BCUT2D eigenvalue weighted by Gasteiger charge is -2.18. The Morgan fingerprint density at radius 1 is 1.30 bits per heavy atom. The van der Waals surface area contributed by atoms with Crippen LogP contribution in [-0.2, 0) is 20.8 Å². The third-order valence-corrected chi connectivity index (χ3v) is 4.13. The molecule has 2 saturated heterocycles. The van der Waals surface area contributed by atoms with Crippen LogP contribution in [0.1, 0.15) is 6.23 Å². The van der Waals surface area contributed by atoms with Crippen molar-refractivity contribution in [3.05, 3.63) is 22.5 Å². The molecule has 3 aliphatic heterocycles. The van der Waals surface area contributed by atoms with Crippen LogP contribution < -0.4 is 5.56 Å². The molecule has 0 aliphatic carbocycles. The molecular formula is C11H8N4O4S. The number of fused-ring (bicyclic) bond motifs is 6. The first-order valence-electron chi connectivity index (χ1n) is 6.20. The molecule has 4 atom stereocenters. The second-order valence-corrected chi connectivity index (χ2v) is 5.34. The first-order chi connectivity index (χ1) is 9.72. The highest BCUT2D eigenvalue weighted by Gasteiger charge is 2.55. The molecule has 2 bridgehead atoms. The van der Waals surface area contributed by atoms with Gasteiger partial charge >= 0.3 is 5.24 Å². The average Bonchev–Trinajstić information content (AvgIpc) is 3.02. The molecule has 0 aromatic carbocycles. The Morgan fingerprint density at radius 3 is 3.05 bits per heavy atom. The van der Waals surface area contributed by atoms with E-state index < -0.39 is 12.3 Å². The van der Waals surface area contributed by atoms with Crippen molar-refractivity contribution in [3.8, 4) is 0 Å². The highest BCUT2D eigenvalue weighted by molar-refractivity contribution is 7.79. The Labute approximate surface area is 116 Å². The number of hydrogen-bond donors (Lipinski definition) is 0. The van der Waals surface area contributed by atoms with Crippen LogP contribution in [0.5, 0.6) is 0 Å². The summed E-state index contributed by atoms with van der Waals surface area (Å²) in [5.41, 5.74) is 1.11. The summed E-state index contributed by atoms with van der Waals surface area (Å²) in [6.45, 7) is 0.448. The van der Waals surface area contributed by atoms with Crippen molar-refractivity contribution in [3.63, 3.8) is 0 Å². The van der Waals surface area contributed by atoms with Crippen molar-refractivity contribution < 1.29 is 14.2 Å². The van der Waals surface area contributed by atoms with E-state index in [1.165, 1.54) is 10.6 Å². The monoisotopic (exact) mass is 292 g/mol. The van der Waals surface area contributed by atoms with Crippen LogP contribution in [0.2, 0.25) is 0 Å². The lowest BCUT2D eigenvalue weighted by atomic mass is 10.1. The number of thiocarbonyl (C=S) groups is 1. The lowest BCUT2D eigenvalue weighted by molar-refractivity contribution is -0.0431. The Hall–Kier alpha value is -2.00. The molecule has 5 rings (SSSR count). The summed E-state index contributed by atoms with van der Waals surface area (Å²) in [7, 11) is 0. The van der Waals surface area contributed by atoms with Gasteiger partial charge in [-0.2, -0.15) is 0 Å². The zero-order valence-electron chi connectivity index (χ0n) is 10.0. The number of nitrogens with zero attached hydrogens (tertiary/aromatic N) is 4. The minimum atomic E-state index is -0.568. The van der Waals surface area contributed by atoms with Gasteiger partial charge in [-0.25, -0.2) is 4.68 Å². The molecule has 0 saturated carbocycles. The zero-order chi connectivity index (χ0) is 13.4.